The van der Waals surface area contributed by atoms with E-state index >= 15 is 0 Å². The van der Waals surface area contributed by atoms with E-state index in [-0.39, 0.29) is 6.42 Å². The number of rotatable bonds is 3. The monoisotopic (exact) mass is 218 g/mol. The molecule has 4 nitrogen and oxygen atoms in total. The highest BCUT2D eigenvalue weighted by Gasteiger charge is 2.06. The fraction of sp³-hybridized carbons (Fsp3) is 0.333. The first-order valence-electron chi connectivity index (χ1n) is 5.22. The van der Waals surface area contributed by atoms with Gasteiger partial charge in [0.1, 0.15) is 0 Å². The van der Waals surface area contributed by atoms with Crippen molar-refractivity contribution in [2.24, 2.45) is 7.05 Å². The molecule has 0 saturated carbocycles. The summed E-state index contributed by atoms with van der Waals surface area (Å²) < 4.78 is 1.84. The predicted molar refractivity (Wildman–Crippen MR) is 61.4 cm³/mol. The van der Waals surface area contributed by atoms with Gasteiger partial charge in [-0.3, -0.25) is 9.48 Å². The zero-order valence-electron chi connectivity index (χ0n) is 9.40. The molecule has 2 rings (SSSR count). The third kappa shape index (κ3) is 1.91. The van der Waals surface area contributed by atoms with Crippen LogP contribution in [0.2, 0.25) is 0 Å². The molecular weight excluding hydrogens is 204 g/mol. The van der Waals surface area contributed by atoms with Gasteiger partial charge in [0.05, 0.1) is 5.52 Å². The van der Waals surface area contributed by atoms with Crippen LogP contribution in [0.25, 0.3) is 10.9 Å². The van der Waals surface area contributed by atoms with Crippen molar-refractivity contribution in [2.45, 2.75) is 19.8 Å². The van der Waals surface area contributed by atoms with Gasteiger partial charge in [0.25, 0.3) is 0 Å². The highest BCUT2D eigenvalue weighted by Crippen LogP contribution is 2.19. The van der Waals surface area contributed by atoms with Gasteiger partial charge < -0.3 is 5.11 Å². The lowest BCUT2D eigenvalue weighted by Crippen LogP contribution is -1.97. The Morgan fingerprint density at radius 2 is 2.25 bits per heavy atom. The largest absolute Gasteiger partial charge is 0.481 e. The van der Waals surface area contributed by atoms with Gasteiger partial charge in [-0.25, -0.2) is 0 Å². The van der Waals surface area contributed by atoms with Crippen LogP contribution in [0.1, 0.15) is 17.7 Å². The van der Waals surface area contributed by atoms with Crippen molar-refractivity contribution in [1.82, 2.24) is 9.78 Å². The molecule has 0 bridgehead atoms. The van der Waals surface area contributed by atoms with Gasteiger partial charge in [-0.1, -0.05) is 12.1 Å². The van der Waals surface area contributed by atoms with Gasteiger partial charge in [0.15, 0.2) is 0 Å². The van der Waals surface area contributed by atoms with Crippen LogP contribution in [0.15, 0.2) is 18.2 Å². The molecule has 0 spiro atoms. The summed E-state index contributed by atoms with van der Waals surface area (Å²) in [6, 6.07) is 5.94. The van der Waals surface area contributed by atoms with Crippen molar-refractivity contribution >= 4 is 16.9 Å². The van der Waals surface area contributed by atoms with E-state index in [1.807, 2.05) is 36.9 Å². The van der Waals surface area contributed by atoms with Crippen molar-refractivity contribution in [1.29, 1.82) is 0 Å². The van der Waals surface area contributed by atoms with Crippen molar-refractivity contribution in [3.8, 4) is 0 Å². The van der Waals surface area contributed by atoms with Crippen LogP contribution in [0.5, 0.6) is 0 Å². The molecule has 0 aliphatic rings. The van der Waals surface area contributed by atoms with E-state index in [1.54, 1.807) is 0 Å². The summed E-state index contributed by atoms with van der Waals surface area (Å²) in [6.45, 7) is 2.02. The third-order valence-electron chi connectivity index (χ3n) is 2.82. The Hall–Kier alpha value is -1.84. The molecule has 84 valence electrons. The van der Waals surface area contributed by atoms with E-state index in [1.165, 1.54) is 0 Å². The topological polar surface area (TPSA) is 55.1 Å². The molecule has 4 heteroatoms. The number of benzene rings is 1. The first-order chi connectivity index (χ1) is 7.58. The van der Waals surface area contributed by atoms with Crippen LogP contribution in [0.4, 0.5) is 0 Å². The fourth-order valence-electron chi connectivity index (χ4n) is 1.78. The molecule has 0 radical (unpaired) electrons. The molecule has 0 aliphatic carbocycles. The Balaban J connectivity index is 2.33. The second kappa shape index (κ2) is 3.96. The first-order valence-corrected chi connectivity index (χ1v) is 5.22. The highest BCUT2D eigenvalue weighted by atomic mass is 16.4. The lowest BCUT2D eigenvalue weighted by atomic mass is 10.1. The normalized spacial score (nSPS) is 10.9. The Kier molecular flexibility index (Phi) is 2.64. The lowest BCUT2D eigenvalue weighted by molar-refractivity contribution is -0.136. The molecule has 0 fully saturated rings. The minimum atomic E-state index is -0.766. The average Bonchev–Trinajstić information content (AvgIpc) is 2.52. The van der Waals surface area contributed by atoms with Crippen LogP contribution in [0.3, 0.4) is 0 Å². The number of aromatic nitrogens is 2. The number of fused-ring (bicyclic) bond motifs is 1. The number of carbonyl (C=O) groups is 1. The van der Waals surface area contributed by atoms with E-state index in [2.05, 4.69) is 5.10 Å². The Morgan fingerprint density at radius 3 is 2.94 bits per heavy atom. The van der Waals surface area contributed by atoms with Gasteiger partial charge in [0, 0.05) is 24.5 Å². The quantitative estimate of drug-likeness (QED) is 0.856. The number of nitrogens with zero attached hydrogens (tertiary/aromatic N) is 2. The predicted octanol–water partition coefficient (Wildman–Crippen LogP) is 1.90. The minimum Gasteiger partial charge on any atom is -0.481 e. The molecule has 0 unspecified atom stereocenters. The van der Waals surface area contributed by atoms with Crippen molar-refractivity contribution < 1.29 is 9.90 Å². The summed E-state index contributed by atoms with van der Waals surface area (Å²) in [5.74, 6) is -0.766. The molecule has 1 heterocycles. The van der Waals surface area contributed by atoms with Gasteiger partial charge in [-0.15, -0.1) is 0 Å². The van der Waals surface area contributed by atoms with Crippen LogP contribution < -0.4 is 0 Å². The number of aliphatic carboxylic acids is 1. The van der Waals surface area contributed by atoms with E-state index in [0.717, 1.165) is 22.2 Å². The van der Waals surface area contributed by atoms with Crippen LogP contribution in [-0.2, 0) is 18.3 Å². The summed E-state index contributed by atoms with van der Waals surface area (Å²) in [4.78, 5) is 10.5. The van der Waals surface area contributed by atoms with Crippen LogP contribution >= 0.6 is 0 Å². The molecule has 0 saturated heterocycles. The summed E-state index contributed by atoms with van der Waals surface area (Å²) in [5, 5.41) is 14.1. The summed E-state index contributed by atoms with van der Waals surface area (Å²) in [6.07, 6.45) is 0.720. The molecule has 1 aromatic heterocycles. The number of hydrogen-bond donors (Lipinski definition) is 1. The maximum absolute atomic E-state index is 10.5. The second-order valence-electron chi connectivity index (χ2n) is 3.95. The first kappa shape index (κ1) is 10.7. The molecule has 1 aromatic carbocycles. The summed E-state index contributed by atoms with van der Waals surface area (Å²) in [5.41, 5.74) is 3.08. The van der Waals surface area contributed by atoms with Gasteiger partial charge in [0.2, 0.25) is 0 Å². The van der Waals surface area contributed by atoms with Gasteiger partial charge >= 0.3 is 5.97 Å². The molecule has 0 aliphatic heterocycles. The smallest absolute Gasteiger partial charge is 0.303 e. The standard InChI is InChI=1S/C12H14N2O2/c1-8-10-5-3-9(4-6-12(15)16)7-11(10)13-14(8)2/h3,5,7H,4,6H2,1-2H3,(H,15,16). The van der Waals surface area contributed by atoms with E-state index in [0.29, 0.717) is 6.42 Å². The van der Waals surface area contributed by atoms with Crippen molar-refractivity contribution in [3.63, 3.8) is 0 Å². The van der Waals surface area contributed by atoms with Gasteiger partial charge in [-0.05, 0) is 25.0 Å². The summed E-state index contributed by atoms with van der Waals surface area (Å²) in [7, 11) is 1.91. The maximum Gasteiger partial charge on any atom is 0.303 e. The lowest BCUT2D eigenvalue weighted by Gasteiger charge is -1.98. The molecule has 0 atom stereocenters. The zero-order valence-corrected chi connectivity index (χ0v) is 9.40. The number of aryl methyl sites for hydroxylation is 3. The minimum absolute atomic E-state index is 0.164. The second-order valence-corrected chi connectivity index (χ2v) is 3.95. The Labute approximate surface area is 93.5 Å². The number of hydrogen-bond acceptors (Lipinski definition) is 2. The third-order valence-corrected chi connectivity index (χ3v) is 2.82. The maximum atomic E-state index is 10.5. The summed E-state index contributed by atoms with van der Waals surface area (Å²) >= 11 is 0. The molecule has 1 N–H and O–H groups in total. The fourth-order valence-corrected chi connectivity index (χ4v) is 1.78. The van der Waals surface area contributed by atoms with E-state index in [9.17, 15) is 4.79 Å². The average molecular weight is 218 g/mol. The van der Waals surface area contributed by atoms with Crippen LogP contribution in [0, 0.1) is 6.92 Å². The highest BCUT2D eigenvalue weighted by molar-refractivity contribution is 5.82. The SMILES string of the molecule is Cc1c2ccc(CCC(=O)O)cc2nn1C. The molecule has 16 heavy (non-hydrogen) atoms. The zero-order chi connectivity index (χ0) is 11.7. The van der Waals surface area contributed by atoms with Crippen LogP contribution in [-0.4, -0.2) is 20.9 Å². The van der Waals surface area contributed by atoms with E-state index in [4.69, 9.17) is 5.11 Å². The Bertz CT molecular complexity index is 543. The molecule has 2 aromatic rings. The molecular formula is C12H14N2O2. The number of carboxylic acid groups (broad SMARTS) is 1. The van der Waals surface area contributed by atoms with E-state index < -0.39 is 5.97 Å². The Morgan fingerprint density at radius 1 is 1.50 bits per heavy atom. The van der Waals surface area contributed by atoms with Crippen molar-refractivity contribution in [3.05, 3.63) is 29.5 Å². The number of carboxylic acids is 1. The van der Waals surface area contributed by atoms with Gasteiger partial charge in [-0.2, -0.15) is 5.10 Å². The van der Waals surface area contributed by atoms with Crippen molar-refractivity contribution in [2.75, 3.05) is 0 Å². The molecule has 0 amide bonds.